The average molecular weight is 254 g/mol. The zero-order chi connectivity index (χ0) is 13.2. The van der Waals surface area contributed by atoms with E-state index in [4.69, 9.17) is 10.4 Å². The second-order valence-corrected chi connectivity index (χ2v) is 2.67. The molecule has 0 aromatic heterocycles. The topological polar surface area (TPSA) is 65.2 Å². The summed E-state index contributed by atoms with van der Waals surface area (Å²) in [4.78, 5) is 0. The zero-order valence-electron chi connectivity index (χ0n) is 7.76. The average Bonchev–Trinajstić information content (AvgIpc) is 2.33. The van der Waals surface area contributed by atoms with Crippen LogP contribution in [-0.2, 0) is 0 Å². The van der Waals surface area contributed by atoms with Gasteiger partial charge in [0.15, 0.2) is 23.3 Å². The van der Waals surface area contributed by atoms with E-state index >= 15 is 0 Å². The van der Waals surface area contributed by atoms with E-state index < -0.39 is 40.4 Å². The summed E-state index contributed by atoms with van der Waals surface area (Å²) in [5, 5.41) is 20.9. The van der Waals surface area contributed by atoms with Crippen molar-refractivity contribution in [3.05, 3.63) is 34.6 Å². The van der Waals surface area contributed by atoms with Gasteiger partial charge in [-0.25, -0.2) is 22.0 Å². The molecule has 4 nitrogen and oxygen atoms in total. The minimum Gasteiger partial charge on any atom is -0.411 e. The molecule has 0 unspecified atom stereocenters. The summed E-state index contributed by atoms with van der Waals surface area (Å²) in [5.74, 6) is -11.2. The number of hydrogen-bond acceptors (Lipinski definition) is 4. The minimum atomic E-state index is -2.35. The molecule has 0 saturated carbocycles. The Labute approximate surface area is 90.3 Å². The number of hydrogen-bond donors (Lipinski definition) is 2. The molecule has 1 aromatic rings. The number of benzene rings is 1. The van der Waals surface area contributed by atoms with Crippen molar-refractivity contribution >= 4 is 11.9 Å². The maximum absolute atomic E-state index is 13.1. The Kier molecular flexibility index (Phi) is 3.61. The Bertz CT molecular complexity index is 486. The third kappa shape index (κ3) is 2.03. The van der Waals surface area contributed by atoms with Crippen molar-refractivity contribution in [2.45, 2.75) is 0 Å². The normalized spacial score (nSPS) is 12.4. The molecule has 0 fully saturated rings. The summed E-state index contributed by atoms with van der Waals surface area (Å²) in [6, 6.07) is 0. The maximum atomic E-state index is 13.1. The van der Waals surface area contributed by atoms with Gasteiger partial charge in [-0.3, -0.25) is 0 Å². The molecule has 0 radical (unpaired) electrons. The van der Waals surface area contributed by atoms with Gasteiger partial charge < -0.3 is 10.4 Å². The highest BCUT2D eigenvalue weighted by molar-refractivity contribution is 6.38. The van der Waals surface area contributed by atoms with E-state index in [1.165, 1.54) is 0 Å². The Morgan fingerprint density at radius 2 is 1.24 bits per heavy atom. The first-order chi connectivity index (χ1) is 7.95. The van der Waals surface area contributed by atoms with Gasteiger partial charge in [-0.15, -0.1) is 0 Å². The molecule has 0 amide bonds. The first-order valence-corrected chi connectivity index (χ1v) is 3.87. The van der Waals surface area contributed by atoms with Crippen molar-refractivity contribution in [1.82, 2.24) is 0 Å². The summed E-state index contributed by atoms with van der Waals surface area (Å²) in [5.41, 5.74) is -2.62. The van der Waals surface area contributed by atoms with E-state index in [0.717, 1.165) is 0 Å². The Hall–Kier alpha value is -2.19. The van der Waals surface area contributed by atoms with Crippen molar-refractivity contribution in [2.24, 2.45) is 10.3 Å². The zero-order valence-corrected chi connectivity index (χ0v) is 7.76. The lowest BCUT2D eigenvalue weighted by Crippen LogP contribution is -2.14. The van der Waals surface area contributed by atoms with E-state index in [1.54, 1.807) is 0 Å². The van der Waals surface area contributed by atoms with Gasteiger partial charge in [0.1, 0.15) is 5.71 Å². The second kappa shape index (κ2) is 4.76. The first kappa shape index (κ1) is 12.9. The molecule has 17 heavy (non-hydrogen) atoms. The number of oxime groups is 2. The molecule has 0 heterocycles. The van der Waals surface area contributed by atoms with Gasteiger partial charge in [0.2, 0.25) is 5.82 Å². The number of halogens is 5. The van der Waals surface area contributed by atoms with Gasteiger partial charge in [0.05, 0.1) is 11.8 Å². The molecule has 9 heteroatoms. The van der Waals surface area contributed by atoms with Crippen LogP contribution < -0.4 is 0 Å². The standard InChI is InChI=1S/C8H3F5N2O2/c9-4-3(2(15-17)1-14-16)5(10)7(12)8(13)6(4)11/h1,16-17H/b14-1+,15-2-. The van der Waals surface area contributed by atoms with Crippen molar-refractivity contribution in [2.75, 3.05) is 0 Å². The predicted octanol–water partition coefficient (Wildman–Crippen LogP) is 2.02. The molecule has 2 N–H and O–H groups in total. The first-order valence-electron chi connectivity index (χ1n) is 3.87. The highest BCUT2D eigenvalue weighted by Crippen LogP contribution is 2.23. The van der Waals surface area contributed by atoms with Gasteiger partial charge in [-0.05, 0) is 0 Å². The molecule has 92 valence electrons. The van der Waals surface area contributed by atoms with E-state index in [9.17, 15) is 22.0 Å². The van der Waals surface area contributed by atoms with Gasteiger partial charge in [-0.2, -0.15) is 0 Å². The van der Waals surface area contributed by atoms with Gasteiger partial charge in [-0.1, -0.05) is 10.3 Å². The van der Waals surface area contributed by atoms with E-state index in [-0.39, 0.29) is 6.21 Å². The summed E-state index contributed by atoms with van der Waals surface area (Å²) in [6.07, 6.45) is 0.207. The molecule has 0 spiro atoms. The van der Waals surface area contributed by atoms with Gasteiger partial charge >= 0.3 is 0 Å². The van der Waals surface area contributed by atoms with Crippen LogP contribution in [-0.4, -0.2) is 22.3 Å². The van der Waals surface area contributed by atoms with Crippen LogP contribution >= 0.6 is 0 Å². The van der Waals surface area contributed by atoms with Crippen LogP contribution in [0, 0.1) is 29.1 Å². The fraction of sp³-hybridized carbons (Fsp3) is 0. The van der Waals surface area contributed by atoms with Crippen LogP contribution in [0.5, 0.6) is 0 Å². The van der Waals surface area contributed by atoms with Crippen LogP contribution in [0.2, 0.25) is 0 Å². The predicted molar refractivity (Wildman–Crippen MR) is 44.8 cm³/mol. The van der Waals surface area contributed by atoms with Crippen molar-refractivity contribution < 1.29 is 32.4 Å². The highest BCUT2D eigenvalue weighted by Gasteiger charge is 2.28. The van der Waals surface area contributed by atoms with Gasteiger partial charge in [0, 0.05) is 0 Å². The third-order valence-corrected chi connectivity index (χ3v) is 1.75. The molecule has 0 aliphatic rings. The SMILES string of the molecule is O/N=C/C(=N/O)c1c(F)c(F)c(F)c(F)c1F. The molecule has 0 aliphatic carbocycles. The monoisotopic (exact) mass is 254 g/mol. The molecule has 0 atom stereocenters. The minimum absolute atomic E-state index is 0.207. The van der Waals surface area contributed by atoms with Crippen molar-refractivity contribution in [3.8, 4) is 0 Å². The van der Waals surface area contributed by atoms with Crippen LogP contribution in [0.4, 0.5) is 22.0 Å². The maximum Gasteiger partial charge on any atom is 0.200 e. The number of rotatable bonds is 2. The lowest BCUT2D eigenvalue weighted by Gasteiger charge is -2.06. The van der Waals surface area contributed by atoms with Crippen LogP contribution in [0.1, 0.15) is 5.56 Å². The summed E-state index contributed by atoms with van der Waals surface area (Å²) in [6.45, 7) is 0. The highest BCUT2D eigenvalue weighted by atomic mass is 19.2. The van der Waals surface area contributed by atoms with Crippen LogP contribution in [0.25, 0.3) is 0 Å². The van der Waals surface area contributed by atoms with E-state index in [1.807, 2.05) is 0 Å². The Balaban J connectivity index is 3.65. The van der Waals surface area contributed by atoms with Crippen molar-refractivity contribution in [3.63, 3.8) is 0 Å². The molecule has 1 rings (SSSR count). The van der Waals surface area contributed by atoms with Crippen molar-refractivity contribution in [1.29, 1.82) is 0 Å². The summed E-state index contributed by atoms with van der Waals surface area (Å²) < 4.78 is 64.3. The van der Waals surface area contributed by atoms with Crippen LogP contribution in [0.15, 0.2) is 10.3 Å². The molecule has 0 bridgehead atoms. The quantitative estimate of drug-likeness (QED) is 0.212. The molecule has 0 saturated heterocycles. The second-order valence-electron chi connectivity index (χ2n) is 2.67. The molecular formula is C8H3F5N2O2. The Morgan fingerprint density at radius 3 is 1.59 bits per heavy atom. The fourth-order valence-corrected chi connectivity index (χ4v) is 1.02. The van der Waals surface area contributed by atoms with Gasteiger partial charge in [0.25, 0.3) is 0 Å². The van der Waals surface area contributed by atoms with E-state index in [0.29, 0.717) is 0 Å². The molecule has 0 aliphatic heterocycles. The third-order valence-electron chi connectivity index (χ3n) is 1.75. The fourth-order valence-electron chi connectivity index (χ4n) is 1.02. The molecule has 1 aromatic carbocycles. The molecular weight excluding hydrogens is 251 g/mol. The summed E-state index contributed by atoms with van der Waals surface area (Å²) >= 11 is 0. The summed E-state index contributed by atoms with van der Waals surface area (Å²) in [7, 11) is 0. The van der Waals surface area contributed by atoms with Crippen LogP contribution in [0.3, 0.4) is 0 Å². The smallest absolute Gasteiger partial charge is 0.200 e. The lowest BCUT2D eigenvalue weighted by atomic mass is 10.1. The Morgan fingerprint density at radius 1 is 0.824 bits per heavy atom. The largest absolute Gasteiger partial charge is 0.411 e. The number of nitrogens with zero attached hydrogens (tertiary/aromatic N) is 2. The van der Waals surface area contributed by atoms with E-state index in [2.05, 4.69) is 10.3 Å². The lowest BCUT2D eigenvalue weighted by molar-refractivity contribution is 0.315.